The van der Waals surface area contributed by atoms with Crippen LogP contribution in [-0.4, -0.2) is 48.2 Å². The van der Waals surface area contributed by atoms with Gasteiger partial charge in [0.05, 0.1) is 29.6 Å². The maximum absolute atomic E-state index is 13.8. The van der Waals surface area contributed by atoms with E-state index in [0.29, 0.717) is 26.1 Å². The van der Waals surface area contributed by atoms with Crippen molar-refractivity contribution in [1.29, 1.82) is 0 Å². The fourth-order valence-corrected chi connectivity index (χ4v) is 4.70. The molecule has 0 bridgehead atoms. The third kappa shape index (κ3) is 4.57. The van der Waals surface area contributed by atoms with Crippen molar-refractivity contribution in [3.8, 4) is 5.75 Å². The summed E-state index contributed by atoms with van der Waals surface area (Å²) in [6, 6.07) is 15.6. The molecule has 0 radical (unpaired) electrons. The molecule has 1 unspecified atom stereocenters. The average Bonchev–Trinajstić information content (AvgIpc) is 3.26. The second kappa shape index (κ2) is 9.75. The Morgan fingerprint density at radius 2 is 1.97 bits per heavy atom. The minimum absolute atomic E-state index is 0.0347. The summed E-state index contributed by atoms with van der Waals surface area (Å²) in [7, 11) is 1.65. The number of hydrogen-bond donors (Lipinski definition) is 2. The number of benzene rings is 2. The molecule has 1 aromatic heterocycles. The van der Waals surface area contributed by atoms with Gasteiger partial charge in [-0.25, -0.2) is 4.98 Å². The molecular weight excluding hydrogens is 410 g/mol. The van der Waals surface area contributed by atoms with E-state index in [0.717, 1.165) is 40.3 Å². The Morgan fingerprint density at radius 1 is 1.23 bits per heavy atom. The van der Waals surface area contributed by atoms with Gasteiger partial charge in [0.25, 0.3) is 0 Å². The number of carbonyl (C=O) groups excluding carboxylic acids is 1. The first-order valence-corrected chi connectivity index (χ1v) is 12.0. The molecule has 1 atom stereocenters. The molecule has 31 heavy (non-hydrogen) atoms. The molecule has 0 saturated carbocycles. The highest BCUT2D eigenvalue weighted by molar-refractivity contribution is 7.98. The SMILES string of the molecule is COc1ccc(C2(C(=O)NC(CCSC)c3nc4ccccc4[nH]3)CCOCC2)cc1. The molecule has 2 heterocycles. The zero-order chi connectivity index (χ0) is 21.7. The van der Waals surface area contributed by atoms with Crippen LogP contribution in [0.5, 0.6) is 5.75 Å². The van der Waals surface area contributed by atoms with Crippen LogP contribution >= 0.6 is 11.8 Å². The van der Waals surface area contributed by atoms with E-state index in [1.54, 1.807) is 18.9 Å². The van der Waals surface area contributed by atoms with Crippen molar-refractivity contribution in [2.75, 3.05) is 32.3 Å². The normalized spacial score (nSPS) is 16.7. The monoisotopic (exact) mass is 439 g/mol. The highest BCUT2D eigenvalue weighted by Gasteiger charge is 2.42. The lowest BCUT2D eigenvalue weighted by Gasteiger charge is -2.37. The first-order chi connectivity index (χ1) is 15.2. The molecule has 4 rings (SSSR count). The lowest BCUT2D eigenvalue weighted by Crippen LogP contribution is -2.49. The van der Waals surface area contributed by atoms with Crippen LogP contribution in [0.4, 0.5) is 0 Å². The highest BCUT2D eigenvalue weighted by atomic mass is 32.2. The van der Waals surface area contributed by atoms with Gasteiger partial charge in [-0.1, -0.05) is 24.3 Å². The Morgan fingerprint density at radius 3 is 2.65 bits per heavy atom. The lowest BCUT2D eigenvalue weighted by atomic mass is 9.73. The van der Waals surface area contributed by atoms with Crippen LogP contribution in [0.25, 0.3) is 11.0 Å². The molecule has 1 aliphatic rings. The minimum Gasteiger partial charge on any atom is -0.497 e. The molecule has 2 N–H and O–H groups in total. The van der Waals surface area contributed by atoms with Crippen LogP contribution in [0.1, 0.15) is 36.7 Å². The van der Waals surface area contributed by atoms with E-state index in [1.807, 2.05) is 48.5 Å². The van der Waals surface area contributed by atoms with Crippen molar-refractivity contribution < 1.29 is 14.3 Å². The number of hydrogen-bond acceptors (Lipinski definition) is 5. The number of para-hydroxylation sites is 2. The lowest BCUT2D eigenvalue weighted by molar-refractivity contribution is -0.131. The van der Waals surface area contributed by atoms with E-state index in [2.05, 4.69) is 16.6 Å². The molecule has 1 saturated heterocycles. The van der Waals surface area contributed by atoms with Crippen molar-refractivity contribution >= 4 is 28.7 Å². The molecule has 2 aromatic carbocycles. The van der Waals surface area contributed by atoms with Gasteiger partial charge in [0.15, 0.2) is 0 Å². The Bertz CT molecular complexity index is 979. The predicted molar refractivity (Wildman–Crippen MR) is 125 cm³/mol. The number of ether oxygens (including phenoxy) is 2. The third-order valence-corrected chi connectivity index (χ3v) is 6.72. The van der Waals surface area contributed by atoms with Crippen LogP contribution < -0.4 is 10.1 Å². The average molecular weight is 440 g/mol. The molecule has 7 heteroatoms. The standard InChI is InChI=1S/C24H29N3O3S/c1-29-18-9-7-17(8-10-18)24(12-14-30-15-13-24)23(28)27-21(11-16-31-2)22-25-19-5-3-4-6-20(19)26-22/h3-10,21H,11-16H2,1-2H3,(H,25,26)(H,27,28). The molecule has 164 valence electrons. The number of rotatable bonds is 8. The number of thioether (sulfide) groups is 1. The number of H-pyrrole nitrogens is 1. The summed E-state index contributed by atoms with van der Waals surface area (Å²) in [6.07, 6.45) is 4.19. The van der Waals surface area contributed by atoms with Gasteiger partial charge in [-0.15, -0.1) is 0 Å². The Kier molecular flexibility index (Phi) is 6.83. The second-order valence-electron chi connectivity index (χ2n) is 7.87. The number of fused-ring (bicyclic) bond motifs is 1. The summed E-state index contributed by atoms with van der Waals surface area (Å²) < 4.78 is 10.9. The quantitative estimate of drug-likeness (QED) is 0.549. The van der Waals surface area contributed by atoms with E-state index in [9.17, 15) is 4.79 Å². The molecule has 0 aliphatic carbocycles. The fraction of sp³-hybridized carbons (Fsp3) is 0.417. The van der Waals surface area contributed by atoms with Gasteiger partial charge in [0, 0.05) is 13.2 Å². The Balaban J connectivity index is 1.63. The van der Waals surface area contributed by atoms with Crippen molar-refractivity contribution in [3.63, 3.8) is 0 Å². The number of carbonyl (C=O) groups is 1. The van der Waals surface area contributed by atoms with E-state index >= 15 is 0 Å². The number of amides is 1. The van der Waals surface area contributed by atoms with Gasteiger partial charge < -0.3 is 19.8 Å². The highest BCUT2D eigenvalue weighted by Crippen LogP contribution is 2.37. The summed E-state index contributed by atoms with van der Waals surface area (Å²) >= 11 is 1.77. The van der Waals surface area contributed by atoms with Crippen molar-refractivity contribution in [2.45, 2.75) is 30.7 Å². The zero-order valence-electron chi connectivity index (χ0n) is 18.0. The van der Waals surface area contributed by atoms with Gasteiger partial charge in [0.1, 0.15) is 11.6 Å². The third-order valence-electron chi connectivity index (χ3n) is 6.08. The second-order valence-corrected chi connectivity index (χ2v) is 8.86. The van der Waals surface area contributed by atoms with Gasteiger partial charge in [0.2, 0.25) is 5.91 Å². The molecule has 3 aromatic rings. The van der Waals surface area contributed by atoms with Crippen LogP contribution in [0.3, 0.4) is 0 Å². The summed E-state index contributed by atoms with van der Waals surface area (Å²) in [5.41, 5.74) is 2.28. The molecule has 0 spiro atoms. The van der Waals surface area contributed by atoms with E-state index in [-0.39, 0.29) is 11.9 Å². The summed E-state index contributed by atoms with van der Waals surface area (Å²) in [4.78, 5) is 22.0. The van der Waals surface area contributed by atoms with Gasteiger partial charge in [-0.2, -0.15) is 11.8 Å². The first kappa shape index (κ1) is 21.7. The number of methoxy groups -OCH3 is 1. The topological polar surface area (TPSA) is 76.2 Å². The predicted octanol–water partition coefficient (Wildman–Crippen LogP) is 4.23. The van der Waals surface area contributed by atoms with E-state index in [4.69, 9.17) is 14.5 Å². The zero-order valence-corrected chi connectivity index (χ0v) is 18.8. The van der Waals surface area contributed by atoms with Gasteiger partial charge in [-0.05, 0) is 61.1 Å². The maximum atomic E-state index is 13.8. The van der Waals surface area contributed by atoms with Crippen molar-refractivity contribution in [1.82, 2.24) is 15.3 Å². The van der Waals surface area contributed by atoms with Crippen molar-refractivity contribution in [3.05, 3.63) is 59.9 Å². The van der Waals surface area contributed by atoms with Gasteiger partial charge >= 0.3 is 0 Å². The Hall–Kier alpha value is -2.51. The Labute approximate surface area is 187 Å². The van der Waals surface area contributed by atoms with E-state index < -0.39 is 5.41 Å². The van der Waals surface area contributed by atoms with Crippen LogP contribution in [0.15, 0.2) is 48.5 Å². The van der Waals surface area contributed by atoms with Crippen LogP contribution in [-0.2, 0) is 14.9 Å². The molecular formula is C24H29N3O3S. The number of nitrogens with zero attached hydrogens (tertiary/aromatic N) is 1. The largest absolute Gasteiger partial charge is 0.497 e. The molecule has 1 aliphatic heterocycles. The molecule has 1 amide bonds. The van der Waals surface area contributed by atoms with Crippen molar-refractivity contribution in [2.24, 2.45) is 0 Å². The van der Waals surface area contributed by atoms with Gasteiger partial charge in [-0.3, -0.25) is 4.79 Å². The summed E-state index contributed by atoms with van der Waals surface area (Å²) in [6.45, 7) is 1.14. The van der Waals surface area contributed by atoms with Crippen LogP contribution in [0.2, 0.25) is 0 Å². The molecule has 1 fully saturated rings. The number of aromatic nitrogens is 2. The summed E-state index contributed by atoms with van der Waals surface area (Å²) in [5, 5.41) is 3.33. The number of aromatic amines is 1. The fourth-order valence-electron chi connectivity index (χ4n) is 4.22. The molecule has 6 nitrogen and oxygen atoms in total. The summed E-state index contributed by atoms with van der Waals surface area (Å²) in [5.74, 6) is 2.56. The van der Waals surface area contributed by atoms with Crippen LogP contribution in [0, 0.1) is 0 Å². The van der Waals surface area contributed by atoms with E-state index in [1.165, 1.54) is 0 Å². The smallest absolute Gasteiger partial charge is 0.231 e. The first-order valence-electron chi connectivity index (χ1n) is 10.6. The maximum Gasteiger partial charge on any atom is 0.231 e. The minimum atomic E-state index is -0.617. The number of imidazole rings is 1. The number of nitrogens with one attached hydrogen (secondary N) is 2.